The zero-order valence-electron chi connectivity index (χ0n) is 13.3. The quantitative estimate of drug-likeness (QED) is 0.918. The van der Waals surface area contributed by atoms with E-state index in [-0.39, 0.29) is 0 Å². The molecule has 2 rings (SSSR count). The molecule has 0 atom stereocenters. The molecule has 1 aromatic rings. The maximum absolute atomic E-state index is 6.05. The van der Waals surface area contributed by atoms with Crippen LogP contribution in [0.4, 0.5) is 0 Å². The zero-order valence-corrected chi connectivity index (χ0v) is 13.3. The summed E-state index contributed by atoms with van der Waals surface area (Å²) in [6.45, 7) is 11.0. The van der Waals surface area contributed by atoms with Crippen LogP contribution >= 0.6 is 0 Å². The fourth-order valence-corrected chi connectivity index (χ4v) is 2.71. The standard InChI is InChI=1S/C15H27N3O2/c1-6-19-15(9-7-13(2,3)8-10-15)11-17-12(20-18-11)14(4,5)16/h6-10,16H2,1-5H3. The van der Waals surface area contributed by atoms with Crippen molar-refractivity contribution in [3.8, 4) is 0 Å². The van der Waals surface area contributed by atoms with Crippen LogP contribution in [0, 0.1) is 5.41 Å². The van der Waals surface area contributed by atoms with Crippen LogP contribution in [0.1, 0.15) is 72.0 Å². The molecule has 0 aliphatic heterocycles. The number of rotatable bonds is 4. The molecule has 0 amide bonds. The van der Waals surface area contributed by atoms with Crippen molar-refractivity contribution in [2.45, 2.75) is 71.4 Å². The Labute approximate surface area is 121 Å². The van der Waals surface area contributed by atoms with Gasteiger partial charge in [0.15, 0.2) is 0 Å². The fourth-order valence-electron chi connectivity index (χ4n) is 2.71. The smallest absolute Gasteiger partial charge is 0.246 e. The number of aromatic nitrogens is 2. The Hall–Kier alpha value is -0.940. The summed E-state index contributed by atoms with van der Waals surface area (Å²) in [4.78, 5) is 4.52. The topological polar surface area (TPSA) is 74.2 Å². The minimum atomic E-state index is -0.618. The number of nitrogens with two attached hydrogens (primary N) is 1. The Kier molecular flexibility index (Phi) is 3.95. The van der Waals surface area contributed by atoms with E-state index in [1.165, 1.54) is 0 Å². The van der Waals surface area contributed by atoms with Gasteiger partial charge in [0.05, 0.1) is 5.54 Å². The molecule has 0 radical (unpaired) electrons. The molecule has 1 fully saturated rings. The molecule has 0 saturated heterocycles. The molecule has 1 aromatic heterocycles. The van der Waals surface area contributed by atoms with Crippen molar-refractivity contribution >= 4 is 0 Å². The Bertz CT molecular complexity index is 450. The van der Waals surface area contributed by atoms with Gasteiger partial charge in [-0.1, -0.05) is 19.0 Å². The molecule has 5 heteroatoms. The van der Waals surface area contributed by atoms with Crippen molar-refractivity contribution in [3.05, 3.63) is 11.7 Å². The van der Waals surface area contributed by atoms with Gasteiger partial charge in [-0.2, -0.15) is 4.98 Å². The van der Waals surface area contributed by atoms with Gasteiger partial charge in [-0.3, -0.25) is 0 Å². The molecule has 0 unspecified atom stereocenters. The highest BCUT2D eigenvalue weighted by Gasteiger charge is 2.44. The summed E-state index contributed by atoms with van der Waals surface area (Å²) in [5, 5.41) is 4.15. The molecule has 0 spiro atoms. The molecule has 2 N–H and O–H groups in total. The van der Waals surface area contributed by atoms with Crippen LogP contribution in [-0.4, -0.2) is 16.7 Å². The van der Waals surface area contributed by atoms with E-state index >= 15 is 0 Å². The molecule has 5 nitrogen and oxygen atoms in total. The normalized spacial score (nSPS) is 21.9. The fraction of sp³-hybridized carbons (Fsp3) is 0.867. The van der Waals surface area contributed by atoms with E-state index in [2.05, 4.69) is 24.0 Å². The van der Waals surface area contributed by atoms with Gasteiger partial charge < -0.3 is 15.0 Å². The average molecular weight is 281 g/mol. The molecule has 1 aliphatic carbocycles. The minimum absolute atomic E-state index is 0.361. The lowest BCUT2D eigenvalue weighted by atomic mass is 9.70. The van der Waals surface area contributed by atoms with Gasteiger partial charge in [0.25, 0.3) is 0 Å². The highest BCUT2D eigenvalue weighted by Crippen LogP contribution is 2.46. The van der Waals surface area contributed by atoms with Gasteiger partial charge in [0.1, 0.15) is 5.60 Å². The molecule has 0 bridgehead atoms. The van der Waals surface area contributed by atoms with Gasteiger partial charge in [-0.25, -0.2) is 0 Å². The van der Waals surface area contributed by atoms with E-state index in [0.29, 0.717) is 23.7 Å². The van der Waals surface area contributed by atoms with E-state index < -0.39 is 11.1 Å². The Balaban J connectivity index is 2.27. The van der Waals surface area contributed by atoms with Crippen molar-refractivity contribution in [1.82, 2.24) is 10.1 Å². The van der Waals surface area contributed by atoms with Gasteiger partial charge in [0.2, 0.25) is 11.7 Å². The first kappa shape index (κ1) is 15.4. The van der Waals surface area contributed by atoms with Gasteiger partial charge in [0, 0.05) is 6.61 Å². The summed E-state index contributed by atoms with van der Waals surface area (Å²) in [7, 11) is 0. The van der Waals surface area contributed by atoms with Crippen LogP contribution < -0.4 is 5.73 Å². The summed E-state index contributed by atoms with van der Waals surface area (Å²) < 4.78 is 11.4. The molecule has 1 aliphatic rings. The van der Waals surface area contributed by atoms with Crippen LogP contribution in [-0.2, 0) is 15.9 Å². The molecule has 20 heavy (non-hydrogen) atoms. The third kappa shape index (κ3) is 3.04. The van der Waals surface area contributed by atoms with Crippen molar-refractivity contribution in [2.24, 2.45) is 11.1 Å². The van der Waals surface area contributed by atoms with Gasteiger partial charge in [-0.15, -0.1) is 0 Å². The average Bonchev–Trinajstić information content (AvgIpc) is 2.82. The van der Waals surface area contributed by atoms with E-state index in [9.17, 15) is 0 Å². The monoisotopic (exact) mass is 281 g/mol. The lowest BCUT2D eigenvalue weighted by Crippen LogP contribution is -2.38. The van der Waals surface area contributed by atoms with E-state index in [0.717, 1.165) is 25.7 Å². The Morgan fingerprint density at radius 2 is 1.85 bits per heavy atom. The lowest BCUT2D eigenvalue weighted by molar-refractivity contribution is -0.0957. The summed E-state index contributed by atoms with van der Waals surface area (Å²) in [5.41, 5.74) is 5.36. The van der Waals surface area contributed by atoms with Crippen molar-refractivity contribution in [2.75, 3.05) is 6.61 Å². The second-order valence-electron chi connectivity index (χ2n) is 7.24. The van der Waals surface area contributed by atoms with Crippen molar-refractivity contribution in [3.63, 3.8) is 0 Å². The Morgan fingerprint density at radius 3 is 2.30 bits per heavy atom. The SMILES string of the molecule is CCOC1(c2noc(C(C)(C)N)n2)CCC(C)(C)CC1. The highest BCUT2D eigenvalue weighted by atomic mass is 16.5. The maximum Gasteiger partial charge on any atom is 0.246 e. The Morgan fingerprint density at radius 1 is 1.25 bits per heavy atom. The van der Waals surface area contributed by atoms with Crippen LogP contribution in [0.25, 0.3) is 0 Å². The third-order valence-electron chi connectivity index (χ3n) is 4.22. The first-order valence-electron chi connectivity index (χ1n) is 7.46. The maximum atomic E-state index is 6.05. The van der Waals surface area contributed by atoms with Crippen molar-refractivity contribution < 1.29 is 9.26 Å². The lowest BCUT2D eigenvalue weighted by Gasteiger charge is -2.41. The summed E-state index contributed by atoms with van der Waals surface area (Å²) in [5.74, 6) is 1.12. The summed E-state index contributed by atoms with van der Waals surface area (Å²) in [6, 6.07) is 0. The highest BCUT2D eigenvalue weighted by molar-refractivity contribution is 5.08. The zero-order chi connectivity index (χ0) is 15.0. The number of nitrogens with zero attached hydrogens (tertiary/aromatic N) is 2. The molecule has 114 valence electrons. The predicted octanol–water partition coefficient (Wildman–Crippen LogP) is 3.10. The van der Waals surface area contributed by atoms with E-state index in [4.69, 9.17) is 15.0 Å². The van der Waals surface area contributed by atoms with Crippen molar-refractivity contribution in [1.29, 1.82) is 0 Å². The molecular weight excluding hydrogens is 254 g/mol. The van der Waals surface area contributed by atoms with Crippen LogP contribution in [0.2, 0.25) is 0 Å². The summed E-state index contributed by atoms with van der Waals surface area (Å²) in [6.07, 6.45) is 4.06. The number of ether oxygens (including phenoxy) is 1. The van der Waals surface area contributed by atoms with Crippen LogP contribution in [0.3, 0.4) is 0 Å². The molecule has 1 saturated carbocycles. The molecule has 1 heterocycles. The molecule has 0 aromatic carbocycles. The van der Waals surface area contributed by atoms with Gasteiger partial charge in [-0.05, 0) is 51.9 Å². The third-order valence-corrected chi connectivity index (χ3v) is 4.22. The van der Waals surface area contributed by atoms with E-state index in [1.54, 1.807) is 0 Å². The van der Waals surface area contributed by atoms with Crippen LogP contribution in [0.15, 0.2) is 4.52 Å². The first-order chi connectivity index (χ1) is 9.19. The number of hydrogen-bond donors (Lipinski definition) is 1. The number of hydrogen-bond acceptors (Lipinski definition) is 5. The minimum Gasteiger partial charge on any atom is -0.367 e. The predicted molar refractivity (Wildman–Crippen MR) is 77.1 cm³/mol. The second-order valence-corrected chi connectivity index (χ2v) is 7.24. The molecular formula is C15H27N3O2. The largest absolute Gasteiger partial charge is 0.367 e. The summed E-state index contributed by atoms with van der Waals surface area (Å²) >= 11 is 0. The first-order valence-corrected chi connectivity index (χ1v) is 7.46. The van der Waals surface area contributed by atoms with Crippen LogP contribution in [0.5, 0.6) is 0 Å². The second kappa shape index (κ2) is 5.11. The van der Waals surface area contributed by atoms with Gasteiger partial charge >= 0.3 is 0 Å². The van der Waals surface area contributed by atoms with E-state index in [1.807, 2.05) is 20.8 Å².